The lowest BCUT2D eigenvalue weighted by Crippen LogP contribution is -2.37. The summed E-state index contributed by atoms with van der Waals surface area (Å²) in [6, 6.07) is 7.27. The molecule has 0 saturated carbocycles. The highest BCUT2D eigenvalue weighted by molar-refractivity contribution is 6.32. The lowest BCUT2D eigenvalue weighted by molar-refractivity contribution is -0.207. The van der Waals surface area contributed by atoms with Crippen LogP contribution in [0.4, 0.5) is 13.2 Å². The average Bonchev–Trinajstić information content (AvgIpc) is 3.36. The van der Waals surface area contributed by atoms with Crippen LogP contribution in [0.2, 0.25) is 10.0 Å². The highest BCUT2D eigenvalue weighted by atomic mass is 35.5. The second kappa shape index (κ2) is 9.72. The number of primary amides is 1. The van der Waals surface area contributed by atoms with Crippen molar-refractivity contribution in [1.29, 1.82) is 0 Å². The maximum atomic E-state index is 13.0. The number of pyridine rings is 1. The molecule has 0 spiro atoms. The lowest BCUT2D eigenvalue weighted by atomic mass is 10.2. The molecule has 188 valence electrons. The predicted octanol–water partition coefficient (Wildman–Crippen LogP) is 2.06. The Labute approximate surface area is 209 Å². The van der Waals surface area contributed by atoms with Gasteiger partial charge in [0.15, 0.2) is 17.8 Å². The van der Waals surface area contributed by atoms with Gasteiger partial charge in [-0.05, 0) is 30.3 Å². The fraction of sp³-hybridized carbons (Fsp3) is 0.200. The van der Waals surface area contributed by atoms with Crippen molar-refractivity contribution in [2.75, 3.05) is 0 Å². The van der Waals surface area contributed by atoms with Crippen LogP contribution in [0.15, 0.2) is 47.5 Å². The van der Waals surface area contributed by atoms with E-state index in [4.69, 9.17) is 28.9 Å². The first kappa shape index (κ1) is 25.3. The van der Waals surface area contributed by atoms with Crippen LogP contribution >= 0.6 is 23.2 Å². The molecule has 0 aliphatic rings. The molecule has 0 fully saturated rings. The van der Waals surface area contributed by atoms with E-state index in [1.54, 1.807) is 0 Å². The summed E-state index contributed by atoms with van der Waals surface area (Å²) in [5.74, 6) is -1.56. The first-order valence-electron chi connectivity index (χ1n) is 9.99. The number of aliphatic hydroxyl groups is 1. The Hall–Kier alpha value is -3.75. The second-order valence-corrected chi connectivity index (χ2v) is 8.24. The van der Waals surface area contributed by atoms with Gasteiger partial charge in [-0.2, -0.15) is 13.2 Å². The summed E-state index contributed by atoms with van der Waals surface area (Å²) in [6.07, 6.45) is -5.08. The van der Waals surface area contributed by atoms with Gasteiger partial charge in [0.1, 0.15) is 12.2 Å². The number of halogens is 5. The number of rotatable bonds is 7. The predicted molar refractivity (Wildman–Crippen MR) is 121 cm³/mol. The number of nitrogens with two attached hydrogens (primary N) is 1. The number of carbonyl (C=O) groups excluding carboxylic acids is 1. The molecule has 4 rings (SSSR count). The Morgan fingerprint density at radius 2 is 1.83 bits per heavy atom. The minimum atomic E-state index is -4.97. The van der Waals surface area contributed by atoms with Gasteiger partial charge in [-0.25, -0.2) is 19.1 Å². The molecule has 0 aliphatic heterocycles. The van der Waals surface area contributed by atoms with Crippen LogP contribution in [-0.2, 0) is 13.1 Å². The van der Waals surface area contributed by atoms with Gasteiger partial charge in [0.05, 0.1) is 17.8 Å². The fourth-order valence-corrected chi connectivity index (χ4v) is 3.52. The maximum absolute atomic E-state index is 13.0. The van der Waals surface area contributed by atoms with Crippen LogP contribution in [0.25, 0.3) is 17.1 Å². The van der Waals surface area contributed by atoms with Crippen LogP contribution < -0.4 is 11.4 Å². The molecule has 0 bridgehead atoms. The Morgan fingerprint density at radius 3 is 2.44 bits per heavy atom. The molecule has 36 heavy (non-hydrogen) atoms. The summed E-state index contributed by atoms with van der Waals surface area (Å²) < 4.78 is 41.6. The zero-order valence-corrected chi connectivity index (χ0v) is 19.4. The molecule has 11 nitrogen and oxygen atoms in total. The third-order valence-corrected chi connectivity index (χ3v) is 5.47. The number of hydrogen-bond acceptors (Lipinski definition) is 7. The lowest BCUT2D eigenvalue weighted by Gasteiger charge is -2.15. The summed E-state index contributed by atoms with van der Waals surface area (Å²) >= 11 is 12.0. The molecule has 1 atom stereocenters. The molecular formula is C20H15Cl2F3N8O3. The van der Waals surface area contributed by atoms with Gasteiger partial charge in [-0.1, -0.05) is 23.2 Å². The molecule has 3 N–H and O–H groups in total. The summed E-state index contributed by atoms with van der Waals surface area (Å²) in [6.45, 7) is -1.56. The molecular weight excluding hydrogens is 528 g/mol. The molecule has 0 radical (unpaired) electrons. The van der Waals surface area contributed by atoms with E-state index >= 15 is 0 Å². The van der Waals surface area contributed by atoms with Crippen molar-refractivity contribution in [2.45, 2.75) is 25.4 Å². The largest absolute Gasteiger partial charge is 0.416 e. The van der Waals surface area contributed by atoms with Gasteiger partial charge in [0.2, 0.25) is 5.82 Å². The minimum absolute atomic E-state index is 0.116. The van der Waals surface area contributed by atoms with Crippen LogP contribution in [0.3, 0.4) is 0 Å². The smallest absolute Gasteiger partial charge is 0.382 e. The number of benzene rings is 1. The first-order chi connectivity index (χ1) is 17.0. The minimum Gasteiger partial charge on any atom is -0.382 e. The zero-order chi connectivity index (χ0) is 26.2. The van der Waals surface area contributed by atoms with E-state index in [1.165, 1.54) is 42.7 Å². The molecule has 1 amide bonds. The van der Waals surface area contributed by atoms with Gasteiger partial charge in [-0.15, -0.1) is 10.2 Å². The molecule has 4 aromatic rings. The highest BCUT2D eigenvalue weighted by Crippen LogP contribution is 2.24. The van der Waals surface area contributed by atoms with Gasteiger partial charge in [-0.3, -0.25) is 14.3 Å². The van der Waals surface area contributed by atoms with Crippen LogP contribution in [0.5, 0.6) is 0 Å². The molecule has 1 aromatic carbocycles. The Kier molecular flexibility index (Phi) is 6.84. The standard InChI is InChI=1S/C20H15Cl2F3N8O3/c21-11-3-1-10(2-4-11)17-30-32(19(36)31(17)8-14(34)20(23,24)25)9-15-28-18(16(26)35)33(29-15)13-7-27-6-5-12(13)22/h1-7,14,34H,8-9H2,(H2,26,35). The topological polar surface area (TPSA) is 147 Å². The molecule has 3 heterocycles. The summed E-state index contributed by atoms with van der Waals surface area (Å²) in [4.78, 5) is 32.9. The quantitative estimate of drug-likeness (QED) is 0.363. The fourth-order valence-electron chi connectivity index (χ4n) is 3.21. The van der Waals surface area contributed by atoms with Crippen molar-refractivity contribution in [3.63, 3.8) is 0 Å². The maximum Gasteiger partial charge on any atom is 0.416 e. The highest BCUT2D eigenvalue weighted by Gasteiger charge is 2.39. The van der Waals surface area contributed by atoms with Crippen molar-refractivity contribution < 1.29 is 23.1 Å². The van der Waals surface area contributed by atoms with Gasteiger partial charge >= 0.3 is 11.9 Å². The van der Waals surface area contributed by atoms with Crippen molar-refractivity contribution in [3.8, 4) is 17.1 Å². The number of aliphatic hydroxyl groups excluding tert-OH is 1. The van der Waals surface area contributed by atoms with Crippen molar-refractivity contribution in [3.05, 3.63) is 74.9 Å². The van der Waals surface area contributed by atoms with Gasteiger partial charge in [0, 0.05) is 16.8 Å². The number of amides is 1. The molecule has 1 unspecified atom stereocenters. The molecule has 16 heteroatoms. The van der Waals surface area contributed by atoms with Gasteiger partial charge in [0.25, 0.3) is 5.91 Å². The number of aromatic nitrogens is 7. The van der Waals surface area contributed by atoms with E-state index in [9.17, 15) is 27.9 Å². The third-order valence-electron chi connectivity index (χ3n) is 4.90. The number of alkyl halides is 3. The van der Waals surface area contributed by atoms with Gasteiger partial charge < -0.3 is 10.8 Å². The number of hydrogen-bond donors (Lipinski definition) is 2. The average molecular weight is 543 g/mol. The molecule has 0 aliphatic carbocycles. The third kappa shape index (κ3) is 5.10. The van der Waals surface area contributed by atoms with Crippen molar-refractivity contribution in [2.24, 2.45) is 5.73 Å². The normalized spacial score (nSPS) is 12.6. The van der Waals surface area contributed by atoms with E-state index in [1.807, 2.05) is 0 Å². The second-order valence-electron chi connectivity index (χ2n) is 7.39. The van der Waals surface area contributed by atoms with E-state index in [-0.39, 0.29) is 33.7 Å². The monoisotopic (exact) mass is 542 g/mol. The van der Waals surface area contributed by atoms with E-state index in [0.717, 1.165) is 9.36 Å². The number of nitrogens with zero attached hydrogens (tertiary/aromatic N) is 7. The van der Waals surface area contributed by atoms with Crippen molar-refractivity contribution in [1.82, 2.24) is 34.1 Å². The first-order valence-corrected chi connectivity index (χ1v) is 10.7. The van der Waals surface area contributed by atoms with E-state index < -0.39 is 37.0 Å². The Balaban J connectivity index is 1.78. The SMILES string of the molecule is NC(=O)c1nc(Cn2nc(-c3ccc(Cl)cc3)n(CC(O)C(F)(F)F)c2=O)nn1-c1cnccc1Cl. The van der Waals surface area contributed by atoms with Crippen LogP contribution in [0, 0.1) is 0 Å². The van der Waals surface area contributed by atoms with Crippen LogP contribution in [-0.4, -0.2) is 57.4 Å². The summed E-state index contributed by atoms with van der Waals surface area (Å²) in [5.41, 5.74) is 4.85. The Morgan fingerprint density at radius 1 is 1.14 bits per heavy atom. The summed E-state index contributed by atoms with van der Waals surface area (Å²) in [7, 11) is 0. The number of carbonyl (C=O) groups is 1. The van der Waals surface area contributed by atoms with Crippen LogP contribution in [0.1, 0.15) is 16.4 Å². The van der Waals surface area contributed by atoms with E-state index in [0.29, 0.717) is 9.59 Å². The molecule has 0 saturated heterocycles. The summed E-state index contributed by atoms with van der Waals surface area (Å²) in [5, 5.41) is 18.4. The van der Waals surface area contributed by atoms with E-state index in [2.05, 4.69) is 20.2 Å². The molecule has 3 aromatic heterocycles. The zero-order valence-electron chi connectivity index (χ0n) is 17.9. The van der Waals surface area contributed by atoms with Crippen molar-refractivity contribution >= 4 is 29.1 Å². The Bertz CT molecular complexity index is 1480.